The molecule has 1 aliphatic carbocycles. The third kappa shape index (κ3) is 4.50. The predicted molar refractivity (Wildman–Crippen MR) is 117 cm³/mol. The van der Waals surface area contributed by atoms with Gasteiger partial charge in [-0.1, -0.05) is 42.5 Å². The lowest BCUT2D eigenvalue weighted by Gasteiger charge is -2.24. The lowest BCUT2D eigenvalue weighted by atomic mass is 10.1. The largest absolute Gasteiger partial charge is 0.493 e. The number of hydrogen-bond donors (Lipinski definition) is 1. The van der Waals surface area contributed by atoms with Gasteiger partial charge in [-0.3, -0.25) is 4.90 Å². The molecule has 158 valence electrons. The number of para-hydroxylation sites is 2. The fourth-order valence-electron chi connectivity index (χ4n) is 3.78. The summed E-state index contributed by atoms with van der Waals surface area (Å²) in [6, 6.07) is 18.3. The first-order valence-electron chi connectivity index (χ1n) is 10.4. The number of ether oxygens (including phenoxy) is 2. The predicted octanol–water partition coefficient (Wildman–Crippen LogP) is 4.23. The van der Waals surface area contributed by atoms with Crippen LogP contribution in [0.1, 0.15) is 25.3 Å². The van der Waals surface area contributed by atoms with Crippen LogP contribution in [0.25, 0.3) is 11.3 Å². The number of benzene rings is 2. The van der Waals surface area contributed by atoms with Gasteiger partial charge in [0.15, 0.2) is 11.5 Å². The molecule has 0 aliphatic heterocycles. The Bertz CT molecular complexity index is 981. The molecule has 4 rings (SSSR count). The zero-order valence-electron chi connectivity index (χ0n) is 17.8. The van der Waals surface area contributed by atoms with Crippen molar-refractivity contribution in [1.82, 2.24) is 14.7 Å². The Morgan fingerprint density at radius 2 is 1.77 bits per heavy atom. The number of aryl methyl sites for hydroxylation is 1. The van der Waals surface area contributed by atoms with Crippen molar-refractivity contribution in [1.29, 1.82) is 0 Å². The lowest BCUT2D eigenvalue weighted by molar-refractivity contribution is 0.117. The van der Waals surface area contributed by atoms with Crippen LogP contribution in [0.3, 0.4) is 0 Å². The molecule has 1 N–H and O–H groups in total. The van der Waals surface area contributed by atoms with Gasteiger partial charge in [0.2, 0.25) is 5.88 Å². The maximum Gasteiger partial charge on any atom is 0.222 e. The van der Waals surface area contributed by atoms with Crippen molar-refractivity contribution in [2.45, 2.75) is 38.5 Å². The van der Waals surface area contributed by atoms with Crippen LogP contribution in [-0.4, -0.2) is 45.6 Å². The highest BCUT2D eigenvalue weighted by Gasteiger charge is 2.32. The minimum atomic E-state index is -0.388. The smallest absolute Gasteiger partial charge is 0.222 e. The van der Waals surface area contributed by atoms with Crippen LogP contribution < -0.4 is 9.47 Å². The number of methoxy groups -OCH3 is 1. The summed E-state index contributed by atoms with van der Waals surface area (Å²) in [5.41, 5.74) is 2.96. The van der Waals surface area contributed by atoms with Gasteiger partial charge in [0.25, 0.3) is 0 Å². The van der Waals surface area contributed by atoms with Crippen molar-refractivity contribution in [2.75, 3.05) is 13.7 Å². The molecule has 3 aromatic rings. The molecule has 0 amide bonds. The molecule has 1 atom stereocenters. The van der Waals surface area contributed by atoms with Gasteiger partial charge in [0, 0.05) is 31.7 Å². The van der Waals surface area contributed by atoms with Crippen LogP contribution >= 0.6 is 0 Å². The molecular formula is C24H29N3O3. The zero-order valence-corrected chi connectivity index (χ0v) is 17.8. The van der Waals surface area contributed by atoms with E-state index in [2.05, 4.69) is 17.0 Å². The number of hydrogen-bond acceptors (Lipinski definition) is 5. The van der Waals surface area contributed by atoms with E-state index in [9.17, 15) is 5.11 Å². The second-order valence-electron chi connectivity index (χ2n) is 7.88. The molecule has 1 unspecified atom stereocenters. The minimum Gasteiger partial charge on any atom is -0.493 e. The van der Waals surface area contributed by atoms with E-state index in [1.165, 1.54) is 0 Å². The van der Waals surface area contributed by atoms with E-state index in [1.807, 2.05) is 56.4 Å². The summed E-state index contributed by atoms with van der Waals surface area (Å²) in [5.74, 6) is 2.01. The maximum atomic E-state index is 10.0. The average Bonchev–Trinajstić information content (AvgIpc) is 3.55. The summed E-state index contributed by atoms with van der Waals surface area (Å²) in [4.78, 5) is 2.34. The molecule has 1 saturated carbocycles. The third-order valence-electron chi connectivity index (χ3n) is 5.33. The van der Waals surface area contributed by atoms with E-state index >= 15 is 0 Å². The number of aliphatic hydroxyl groups is 1. The zero-order chi connectivity index (χ0) is 21.1. The van der Waals surface area contributed by atoms with Crippen molar-refractivity contribution < 1.29 is 14.6 Å². The van der Waals surface area contributed by atoms with Gasteiger partial charge < -0.3 is 14.6 Å². The normalized spacial score (nSPS) is 14.7. The highest BCUT2D eigenvalue weighted by atomic mass is 16.5. The van der Waals surface area contributed by atoms with Gasteiger partial charge in [-0.15, -0.1) is 0 Å². The van der Waals surface area contributed by atoms with Gasteiger partial charge in [-0.2, -0.15) is 5.10 Å². The average molecular weight is 408 g/mol. The number of aliphatic hydroxyl groups excluding tert-OH is 1. The van der Waals surface area contributed by atoms with E-state index < -0.39 is 0 Å². The number of nitrogens with zero attached hydrogens (tertiary/aromatic N) is 3. The molecule has 2 aromatic carbocycles. The summed E-state index contributed by atoms with van der Waals surface area (Å²) in [7, 11) is 3.54. The summed E-state index contributed by atoms with van der Waals surface area (Å²) < 4.78 is 13.6. The molecule has 1 fully saturated rings. The fourth-order valence-corrected chi connectivity index (χ4v) is 3.78. The summed E-state index contributed by atoms with van der Waals surface area (Å²) >= 11 is 0. The van der Waals surface area contributed by atoms with Gasteiger partial charge in [0.1, 0.15) is 5.69 Å². The topological polar surface area (TPSA) is 59.8 Å². The van der Waals surface area contributed by atoms with E-state index in [1.54, 1.807) is 11.8 Å². The molecule has 1 heterocycles. The Kier molecular flexibility index (Phi) is 6.06. The molecule has 30 heavy (non-hydrogen) atoms. The molecule has 0 bridgehead atoms. The fraction of sp³-hybridized carbons (Fsp3) is 0.375. The monoisotopic (exact) mass is 407 g/mol. The van der Waals surface area contributed by atoms with Crippen molar-refractivity contribution in [3.63, 3.8) is 0 Å². The highest BCUT2D eigenvalue weighted by Crippen LogP contribution is 2.39. The van der Waals surface area contributed by atoms with Gasteiger partial charge in [-0.25, -0.2) is 4.68 Å². The number of rotatable bonds is 9. The molecule has 1 aliphatic rings. The Balaban J connectivity index is 1.76. The Hall–Kier alpha value is -2.83. The summed E-state index contributed by atoms with van der Waals surface area (Å²) in [5, 5.41) is 14.8. The second kappa shape index (κ2) is 8.90. The molecule has 0 saturated heterocycles. The summed E-state index contributed by atoms with van der Waals surface area (Å²) in [6.45, 7) is 3.13. The Morgan fingerprint density at radius 3 is 2.40 bits per heavy atom. The van der Waals surface area contributed by atoms with Gasteiger partial charge in [0.05, 0.1) is 18.8 Å². The lowest BCUT2D eigenvalue weighted by Crippen LogP contribution is -2.32. The third-order valence-corrected chi connectivity index (χ3v) is 5.33. The Morgan fingerprint density at radius 1 is 1.10 bits per heavy atom. The van der Waals surface area contributed by atoms with Crippen LogP contribution in [0.4, 0.5) is 0 Å². The Labute approximate surface area is 177 Å². The van der Waals surface area contributed by atoms with Crippen molar-refractivity contribution >= 4 is 0 Å². The van der Waals surface area contributed by atoms with E-state index in [0.717, 1.165) is 29.7 Å². The van der Waals surface area contributed by atoms with E-state index in [-0.39, 0.29) is 6.10 Å². The quantitative estimate of drug-likeness (QED) is 0.575. The van der Waals surface area contributed by atoms with E-state index in [0.29, 0.717) is 36.5 Å². The standard InChI is InChI=1S/C24H29N3O3/c1-17(28)15-27(19-13-14-19)16-20-23(18-9-5-4-6-10-18)25-26(2)24(20)30-22-12-8-7-11-21(22)29-3/h4-12,17,19,28H,13-16H2,1-3H3. The van der Waals surface area contributed by atoms with Crippen LogP contribution in [0.5, 0.6) is 17.4 Å². The van der Waals surface area contributed by atoms with Gasteiger partial charge in [-0.05, 0) is 31.9 Å². The first kappa shape index (κ1) is 20.4. The van der Waals surface area contributed by atoms with Crippen LogP contribution in [0.2, 0.25) is 0 Å². The minimum absolute atomic E-state index is 0.388. The first-order chi connectivity index (χ1) is 14.6. The molecule has 6 nitrogen and oxygen atoms in total. The van der Waals surface area contributed by atoms with Crippen LogP contribution in [0, 0.1) is 0 Å². The van der Waals surface area contributed by atoms with Crippen molar-refractivity contribution in [3.8, 4) is 28.6 Å². The molecular weight excluding hydrogens is 378 g/mol. The molecule has 0 spiro atoms. The SMILES string of the molecule is COc1ccccc1Oc1c(CN(CC(C)O)C2CC2)c(-c2ccccc2)nn1C. The molecule has 6 heteroatoms. The second-order valence-corrected chi connectivity index (χ2v) is 7.88. The van der Waals surface area contributed by atoms with Crippen LogP contribution in [0.15, 0.2) is 54.6 Å². The van der Waals surface area contributed by atoms with Gasteiger partial charge >= 0.3 is 0 Å². The molecule has 0 radical (unpaired) electrons. The molecule has 1 aromatic heterocycles. The number of aromatic nitrogens is 2. The highest BCUT2D eigenvalue weighted by molar-refractivity contribution is 5.66. The van der Waals surface area contributed by atoms with Crippen LogP contribution in [-0.2, 0) is 13.6 Å². The maximum absolute atomic E-state index is 10.0. The van der Waals surface area contributed by atoms with E-state index in [4.69, 9.17) is 14.6 Å². The van der Waals surface area contributed by atoms with Crippen molar-refractivity contribution in [3.05, 3.63) is 60.2 Å². The first-order valence-corrected chi connectivity index (χ1v) is 10.4. The summed E-state index contributed by atoms with van der Waals surface area (Å²) in [6.07, 6.45) is 1.94. The van der Waals surface area contributed by atoms with Crippen molar-refractivity contribution in [2.24, 2.45) is 7.05 Å².